The van der Waals surface area contributed by atoms with Crippen LogP contribution < -0.4 is 9.80 Å². The first-order valence-electron chi connectivity index (χ1n) is 9.21. The number of carbonyl (C=O) groups is 2. The predicted molar refractivity (Wildman–Crippen MR) is 94.3 cm³/mol. The van der Waals surface area contributed by atoms with Crippen molar-refractivity contribution in [3.8, 4) is 0 Å². The summed E-state index contributed by atoms with van der Waals surface area (Å²) < 4.78 is 36.2. The van der Waals surface area contributed by atoms with Crippen LogP contribution in [0.3, 0.4) is 0 Å². The third-order valence-electron chi connectivity index (χ3n) is 5.85. The number of hydrogen-bond acceptors (Lipinski definition) is 6. The van der Waals surface area contributed by atoms with Gasteiger partial charge in [0, 0.05) is 31.4 Å². The molecule has 3 fully saturated rings. The van der Waals surface area contributed by atoms with Crippen LogP contribution in [0, 0.1) is 29.4 Å². The average Bonchev–Trinajstić information content (AvgIpc) is 3.08. The number of amides is 1. The number of piperidine rings is 1. The SMILES string of the molecule is O=C(O)C1C2CN(c3c(F)cc(N4CC(Cn5ccnn5)OC4=O)cc3F)CC21. The van der Waals surface area contributed by atoms with E-state index in [0.29, 0.717) is 13.1 Å². The number of carbonyl (C=O) groups excluding carboxylic acids is 1. The van der Waals surface area contributed by atoms with Gasteiger partial charge >= 0.3 is 12.1 Å². The third-order valence-corrected chi connectivity index (χ3v) is 5.85. The molecule has 3 heterocycles. The minimum atomic E-state index is -0.857. The van der Waals surface area contributed by atoms with Crippen LogP contribution in [-0.2, 0) is 16.1 Å². The van der Waals surface area contributed by atoms with Crippen LogP contribution in [0.2, 0.25) is 0 Å². The maximum Gasteiger partial charge on any atom is 0.414 e. The summed E-state index contributed by atoms with van der Waals surface area (Å²) >= 11 is 0. The summed E-state index contributed by atoms with van der Waals surface area (Å²) in [6.07, 6.45) is 1.92. The highest BCUT2D eigenvalue weighted by atomic mass is 19.1. The Morgan fingerprint density at radius 2 is 1.90 bits per heavy atom. The fourth-order valence-electron chi connectivity index (χ4n) is 4.45. The van der Waals surface area contributed by atoms with Crippen molar-refractivity contribution in [3.05, 3.63) is 36.2 Å². The zero-order chi connectivity index (χ0) is 20.3. The number of rotatable bonds is 5. The summed E-state index contributed by atoms with van der Waals surface area (Å²) in [5.41, 5.74) is -0.112. The van der Waals surface area contributed by atoms with Gasteiger partial charge in [-0.3, -0.25) is 9.69 Å². The van der Waals surface area contributed by atoms with Crippen molar-refractivity contribution < 1.29 is 28.2 Å². The van der Waals surface area contributed by atoms with Crippen molar-refractivity contribution in [2.45, 2.75) is 12.6 Å². The van der Waals surface area contributed by atoms with E-state index in [1.54, 1.807) is 11.1 Å². The van der Waals surface area contributed by atoms with Crippen LogP contribution in [-0.4, -0.2) is 57.9 Å². The number of benzene rings is 1. The second-order valence-electron chi connectivity index (χ2n) is 7.60. The topological polar surface area (TPSA) is 101 Å². The second-order valence-corrected chi connectivity index (χ2v) is 7.60. The molecule has 9 nitrogen and oxygen atoms in total. The highest BCUT2D eigenvalue weighted by molar-refractivity contribution is 5.90. The van der Waals surface area contributed by atoms with Crippen LogP contribution in [0.5, 0.6) is 0 Å². The maximum absolute atomic E-state index is 14.7. The Labute approximate surface area is 163 Å². The first-order chi connectivity index (χ1) is 13.9. The van der Waals surface area contributed by atoms with E-state index >= 15 is 0 Å². The van der Waals surface area contributed by atoms with E-state index < -0.39 is 35.7 Å². The first kappa shape index (κ1) is 17.8. The number of nitrogens with zero attached hydrogens (tertiary/aromatic N) is 5. The lowest BCUT2D eigenvalue weighted by molar-refractivity contribution is -0.139. The summed E-state index contributed by atoms with van der Waals surface area (Å²) in [4.78, 5) is 26.0. The summed E-state index contributed by atoms with van der Waals surface area (Å²) in [5.74, 6) is -3.00. The normalized spacial score (nSPS) is 27.9. The maximum atomic E-state index is 14.7. The number of aliphatic carboxylic acids is 1. The molecule has 1 aromatic heterocycles. The Balaban J connectivity index is 1.31. The summed E-state index contributed by atoms with van der Waals surface area (Å²) in [5, 5.41) is 16.6. The molecular weight excluding hydrogens is 388 g/mol. The molecule has 3 unspecified atom stereocenters. The molecule has 5 rings (SSSR count). The monoisotopic (exact) mass is 405 g/mol. The Hall–Kier alpha value is -3.24. The lowest BCUT2D eigenvalue weighted by Gasteiger charge is -2.24. The van der Waals surface area contributed by atoms with E-state index in [1.165, 1.54) is 15.8 Å². The zero-order valence-electron chi connectivity index (χ0n) is 15.1. The van der Waals surface area contributed by atoms with Gasteiger partial charge in [0.15, 0.2) is 11.6 Å². The smallest absolute Gasteiger partial charge is 0.414 e. The van der Waals surface area contributed by atoms with Crippen molar-refractivity contribution in [1.29, 1.82) is 0 Å². The summed E-state index contributed by atoms with van der Waals surface area (Å²) in [7, 11) is 0. The van der Waals surface area contributed by atoms with Crippen LogP contribution in [0.1, 0.15) is 0 Å². The highest BCUT2D eigenvalue weighted by Crippen LogP contribution is 2.53. The van der Waals surface area contributed by atoms with Gasteiger partial charge < -0.3 is 14.7 Å². The van der Waals surface area contributed by atoms with Gasteiger partial charge in [0.05, 0.1) is 30.9 Å². The van der Waals surface area contributed by atoms with E-state index in [4.69, 9.17) is 9.84 Å². The Kier molecular flexibility index (Phi) is 3.93. The van der Waals surface area contributed by atoms with Crippen molar-refractivity contribution >= 4 is 23.4 Å². The molecule has 3 aliphatic rings. The lowest BCUT2D eigenvalue weighted by Crippen LogP contribution is -2.29. The van der Waals surface area contributed by atoms with Crippen LogP contribution in [0.4, 0.5) is 25.0 Å². The van der Waals surface area contributed by atoms with E-state index in [0.717, 1.165) is 12.1 Å². The van der Waals surface area contributed by atoms with E-state index in [1.807, 2.05) is 0 Å². The largest absolute Gasteiger partial charge is 0.481 e. The second kappa shape index (κ2) is 6.39. The average molecular weight is 405 g/mol. The quantitative estimate of drug-likeness (QED) is 0.801. The molecule has 0 spiro atoms. The number of carboxylic acid groups (broad SMARTS) is 1. The minimum absolute atomic E-state index is 0.0719. The molecule has 0 bridgehead atoms. The van der Waals surface area contributed by atoms with Gasteiger partial charge in [-0.25, -0.2) is 18.3 Å². The van der Waals surface area contributed by atoms with Gasteiger partial charge in [0.2, 0.25) is 0 Å². The van der Waals surface area contributed by atoms with Crippen LogP contribution in [0.15, 0.2) is 24.5 Å². The van der Waals surface area contributed by atoms with E-state index in [2.05, 4.69) is 10.3 Å². The lowest BCUT2D eigenvalue weighted by atomic mass is 10.2. The molecule has 11 heteroatoms. The van der Waals surface area contributed by atoms with Gasteiger partial charge in [-0.15, -0.1) is 5.10 Å². The Bertz CT molecular complexity index is 950. The number of aromatic nitrogens is 3. The molecule has 3 atom stereocenters. The molecule has 2 aliphatic heterocycles. The fourth-order valence-corrected chi connectivity index (χ4v) is 4.45. The Morgan fingerprint density at radius 1 is 1.21 bits per heavy atom. The van der Waals surface area contributed by atoms with E-state index in [-0.39, 0.29) is 36.3 Å². The zero-order valence-corrected chi connectivity index (χ0v) is 15.1. The van der Waals surface area contributed by atoms with Crippen LogP contribution >= 0.6 is 0 Å². The molecule has 1 N–H and O–H groups in total. The third kappa shape index (κ3) is 2.97. The molecule has 1 saturated carbocycles. The molecule has 1 amide bonds. The van der Waals surface area contributed by atoms with Gasteiger partial charge in [-0.1, -0.05) is 5.21 Å². The molecular formula is C18H17F2N5O4. The van der Waals surface area contributed by atoms with Crippen molar-refractivity contribution in [3.63, 3.8) is 0 Å². The molecule has 1 aliphatic carbocycles. The number of carboxylic acids is 1. The minimum Gasteiger partial charge on any atom is -0.481 e. The summed E-state index contributed by atoms with van der Waals surface area (Å²) in [6, 6.07) is 2.21. The number of cyclic esters (lactones) is 1. The fraction of sp³-hybridized carbons (Fsp3) is 0.444. The number of halogens is 2. The van der Waals surface area contributed by atoms with Gasteiger partial charge in [0.25, 0.3) is 0 Å². The highest BCUT2D eigenvalue weighted by Gasteiger charge is 2.60. The predicted octanol–water partition coefficient (Wildman–Crippen LogP) is 1.35. The molecule has 152 valence electrons. The summed E-state index contributed by atoms with van der Waals surface area (Å²) in [6.45, 7) is 1.03. The van der Waals surface area contributed by atoms with E-state index in [9.17, 15) is 18.4 Å². The number of hydrogen-bond donors (Lipinski definition) is 1. The van der Waals surface area contributed by atoms with Gasteiger partial charge in [-0.05, 0) is 11.8 Å². The van der Waals surface area contributed by atoms with Crippen molar-refractivity contribution in [2.24, 2.45) is 17.8 Å². The molecule has 1 aromatic carbocycles. The molecule has 2 saturated heterocycles. The number of ether oxygens (including phenoxy) is 1. The van der Waals surface area contributed by atoms with Crippen molar-refractivity contribution in [2.75, 3.05) is 29.4 Å². The number of anilines is 2. The van der Waals surface area contributed by atoms with Crippen LogP contribution in [0.25, 0.3) is 0 Å². The Morgan fingerprint density at radius 3 is 2.48 bits per heavy atom. The first-order valence-corrected chi connectivity index (χ1v) is 9.21. The van der Waals surface area contributed by atoms with Gasteiger partial charge in [0.1, 0.15) is 11.8 Å². The standard InChI is InChI=1S/C18H17F2N5O4/c19-13-3-9(25-6-10(29-18(25)28)5-24-2-1-21-22-24)4-14(20)16(13)23-7-11-12(8-23)15(11)17(26)27/h1-4,10-12,15H,5-8H2,(H,26,27). The van der Waals surface area contributed by atoms with Crippen molar-refractivity contribution in [1.82, 2.24) is 15.0 Å². The van der Waals surface area contributed by atoms with Gasteiger partial charge in [-0.2, -0.15) is 0 Å². The molecule has 0 radical (unpaired) electrons. The molecule has 29 heavy (non-hydrogen) atoms. The molecule has 2 aromatic rings. The number of fused-ring (bicyclic) bond motifs is 1.